The predicted octanol–water partition coefficient (Wildman–Crippen LogP) is 2.53. The quantitative estimate of drug-likeness (QED) is 0.649. The highest BCUT2D eigenvalue weighted by molar-refractivity contribution is 5.73. The smallest absolute Gasteiger partial charge is 0.226 e. The van der Waals surface area contributed by atoms with Gasteiger partial charge < -0.3 is 4.42 Å². The average Bonchev–Trinajstić information content (AvgIpc) is 2.46. The lowest BCUT2D eigenvalue weighted by Crippen LogP contribution is -1.75. The Morgan fingerprint density at radius 1 is 1.50 bits per heavy atom. The molecule has 0 aliphatic heterocycles. The second kappa shape index (κ2) is 2.59. The monoisotopic (exact) mass is 165 g/mol. The summed E-state index contributed by atoms with van der Waals surface area (Å²) < 4.78 is 17.9. The summed E-state index contributed by atoms with van der Waals surface area (Å²) in [6.07, 6.45) is 1.96. The Bertz CT molecular complexity index is 408. The molecule has 0 amide bonds. The van der Waals surface area contributed by atoms with Gasteiger partial charge in [0.25, 0.3) is 0 Å². The minimum atomic E-state index is -0.328. The largest absolute Gasteiger partial charge is 0.443 e. The van der Waals surface area contributed by atoms with Crippen LogP contribution < -0.4 is 0 Å². The van der Waals surface area contributed by atoms with Crippen molar-refractivity contribution < 1.29 is 8.81 Å². The van der Waals surface area contributed by atoms with Gasteiger partial charge in [0, 0.05) is 11.8 Å². The fourth-order valence-corrected chi connectivity index (χ4v) is 1.13. The second-order valence-corrected chi connectivity index (χ2v) is 2.61. The molecule has 2 nitrogen and oxygen atoms in total. The highest BCUT2D eigenvalue weighted by Gasteiger charge is 2.03. The molecule has 0 fully saturated rings. The minimum absolute atomic E-state index is 0.328. The third-order valence-corrected chi connectivity index (χ3v) is 1.74. The van der Waals surface area contributed by atoms with Crippen molar-refractivity contribution in [3.8, 4) is 0 Å². The van der Waals surface area contributed by atoms with Gasteiger partial charge in [-0.3, -0.25) is 0 Å². The molecule has 0 radical (unpaired) electrons. The molecule has 0 unspecified atom stereocenters. The maximum absolute atomic E-state index is 12.6. The normalized spacial score (nSPS) is 10.8. The SMILES string of the molecule is CCc1cc2cc(F)cnc2o1. The Morgan fingerprint density at radius 2 is 2.33 bits per heavy atom. The topological polar surface area (TPSA) is 26.0 Å². The van der Waals surface area contributed by atoms with Gasteiger partial charge in [-0.1, -0.05) is 6.92 Å². The number of rotatable bonds is 1. The Hall–Kier alpha value is -1.38. The Balaban J connectivity index is 2.67. The van der Waals surface area contributed by atoms with Crippen LogP contribution in [0.3, 0.4) is 0 Å². The molecule has 2 aromatic rings. The lowest BCUT2D eigenvalue weighted by atomic mass is 10.3. The van der Waals surface area contributed by atoms with Crippen LogP contribution in [0.25, 0.3) is 11.1 Å². The molecule has 12 heavy (non-hydrogen) atoms. The number of aromatic nitrogens is 1. The lowest BCUT2D eigenvalue weighted by molar-refractivity contribution is 0.544. The zero-order valence-electron chi connectivity index (χ0n) is 6.67. The van der Waals surface area contributed by atoms with E-state index in [1.807, 2.05) is 13.0 Å². The van der Waals surface area contributed by atoms with Crippen molar-refractivity contribution in [1.29, 1.82) is 0 Å². The van der Waals surface area contributed by atoms with E-state index >= 15 is 0 Å². The number of aryl methyl sites for hydroxylation is 1. The number of furan rings is 1. The van der Waals surface area contributed by atoms with Crippen LogP contribution in [0.2, 0.25) is 0 Å². The molecule has 2 heterocycles. The minimum Gasteiger partial charge on any atom is -0.443 e. The fraction of sp³-hybridized carbons (Fsp3) is 0.222. The maximum atomic E-state index is 12.6. The number of pyridine rings is 1. The van der Waals surface area contributed by atoms with E-state index in [2.05, 4.69) is 4.98 Å². The van der Waals surface area contributed by atoms with Crippen molar-refractivity contribution >= 4 is 11.1 Å². The maximum Gasteiger partial charge on any atom is 0.226 e. The van der Waals surface area contributed by atoms with Gasteiger partial charge in [-0.05, 0) is 12.1 Å². The summed E-state index contributed by atoms with van der Waals surface area (Å²) in [6.45, 7) is 1.98. The van der Waals surface area contributed by atoms with Gasteiger partial charge >= 0.3 is 0 Å². The van der Waals surface area contributed by atoms with Crippen molar-refractivity contribution in [3.05, 3.63) is 29.9 Å². The van der Waals surface area contributed by atoms with Gasteiger partial charge in [0.1, 0.15) is 11.6 Å². The fourth-order valence-electron chi connectivity index (χ4n) is 1.13. The van der Waals surface area contributed by atoms with Crippen molar-refractivity contribution in [2.45, 2.75) is 13.3 Å². The molecular formula is C9H8FNO. The van der Waals surface area contributed by atoms with E-state index in [1.54, 1.807) is 0 Å². The molecule has 0 atom stereocenters. The van der Waals surface area contributed by atoms with E-state index in [1.165, 1.54) is 6.07 Å². The summed E-state index contributed by atoms with van der Waals surface area (Å²) >= 11 is 0. The first-order chi connectivity index (χ1) is 5.79. The molecule has 0 saturated carbocycles. The van der Waals surface area contributed by atoms with Crippen LogP contribution >= 0.6 is 0 Å². The molecule has 0 bridgehead atoms. The first kappa shape index (κ1) is 7.28. The van der Waals surface area contributed by atoms with Gasteiger partial charge in [0.05, 0.1) is 6.20 Å². The zero-order valence-corrected chi connectivity index (χ0v) is 6.67. The van der Waals surface area contributed by atoms with Crippen LogP contribution in [-0.2, 0) is 6.42 Å². The molecule has 0 aromatic carbocycles. The first-order valence-corrected chi connectivity index (χ1v) is 3.83. The molecule has 0 aliphatic carbocycles. The first-order valence-electron chi connectivity index (χ1n) is 3.83. The van der Waals surface area contributed by atoms with Crippen molar-refractivity contribution in [2.24, 2.45) is 0 Å². The Labute approximate surface area is 69.0 Å². The van der Waals surface area contributed by atoms with E-state index in [-0.39, 0.29) is 5.82 Å². The number of nitrogens with zero attached hydrogens (tertiary/aromatic N) is 1. The highest BCUT2D eigenvalue weighted by atomic mass is 19.1. The van der Waals surface area contributed by atoms with Gasteiger partial charge in [0.15, 0.2) is 0 Å². The highest BCUT2D eigenvalue weighted by Crippen LogP contribution is 2.17. The van der Waals surface area contributed by atoms with Gasteiger partial charge in [0.2, 0.25) is 5.71 Å². The molecular weight excluding hydrogens is 157 g/mol. The van der Waals surface area contributed by atoms with Gasteiger partial charge in [-0.2, -0.15) is 0 Å². The summed E-state index contributed by atoms with van der Waals surface area (Å²) in [5, 5.41) is 0.729. The molecule has 0 saturated heterocycles. The predicted molar refractivity (Wildman–Crippen MR) is 43.3 cm³/mol. The summed E-state index contributed by atoms with van der Waals surface area (Å²) in [6, 6.07) is 3.23. The van der Waals surface area contributed by atoms with Gasteiger partial charge in [-0.25, -0.2) is 9.37 Å². The lowest BCUT2D eigenvalue weighted by Gasteiger charge is -1.85. The Morgan fingerprint density at radius 3 is 3.08 bits per heavy atom. The summed E-state index contributed by atoms with van der Waals surface area (Å²) in [4.78, 5) is 3.81. The molecule has 0 aliphatic rings. The molecule has 3 heteroatoms. The number of hydrogen-bond donors (Lipinski definition) is 0. The Kier molecular flexibility index (Phi) is 1.57. The van der Waals surface area contributed by atoms with Crippen molar-refractivity contribution in [1.82, 2.24) is 4.98 Å². The number of hydrogen-bond acceptors (Lipinski definition) is 2. The van der Waals surface area contributed by atoms with E-state index in [9.17, 15) is 4.39 Å². The molecule has 62 valence electrons. The molecule has 2 rings (SSSR count). The van der Waals surface area contributed by atoms with Crippen molar-refractivity contribution in [3.63, 3.8) is 0 Å². The van der Waals surface area contributed by atoms with E-state index in [0.717, 1.165) is 23.8 Å². The van der Waals surface area contributed by atoms with Gasteiger partial charge in [-0.15, -0.1) is 0 Å². The average molecular weight is 165 g/mol. The summed E-state index contributed by atoms with van der Waals surface area (Å²) in [5.74, 6) is 0.508. The summed E-state index contributed by atoms with van der Waals surface area (Å²) in [7, 11) is 0. The zero-order chi connectivity index (χ0) is 8.55. The number of halogens is 1. The third-order valence-electron chi connectivity index (χ3n) is 1.74. The van der Waals surface area contributed by atoms with Crippen LogP contribution in [0.5, 0.6) is 0 Å². The van der Waals surface area contributed by atoms with Crippen LogP contribution in [0.1, 0.15) is 12.7 Å². The van der Waals surface area contributed by atoms with Crippen LogP contribution in [-0.4, -0.2) is 4.98 Å². The third kappa shape index (κ3) is 1.07. The van der Waals surface area contributed by atoms with E-state index < -0.39 is 0 Å². The van der Waals surface area contributed by atoms with E-state index in [4.69, 9.17) is 4.42 Å². The van der Waals surface area contributed by atoms with Crippen LogP contribution in [0.15, 0.2) is 22.7 Å². The van der Waals surface area contributed by atoms with Crippen molar-refractivity contribution in [2.75, 3.05) is 0 Å². The van der Waals surface area contributed by atoms with Crippen LogP contribution in [0, 0.1) is 5.82 Å². The second-order valence-electron chi connectivity index (χ2n) is 2.61. The number of fused-ring (bicyclic) bond motifs is 1. The molecule has 0 N–H and O–H groups in total. The van der Waals surface area contributed by atoms with Crippen LogP contribution in [0.4, 0.5) is 4.39 Å². The molecule has 0 spiro atoms. The standard InChI is InChI=1S/C9H8FNO/c1-2-8-4-6-3-7(10)5-11-9(6)12-8/h3-5H,2H2,1H3. The van der Waals surface area contributed by atoms with E-state index in [0.29, 0.717) is 5.71 Å². The molecule has 2 aromatic heterocycles. The summed E-state index contributed by atoms with van der Waals surface area (Å²) in [5.41, 5.74) is 0.508.